The zero-order valence-corrected chi connectivity index (χ0v) is 15.1. The molecule has 134 valence electrons. The van der Waals surface area contributed by atoms with Crippen LogP contribution in [0.2, 0.25) is 10.0 Å². The second-order valence-corrected chi connectivity index (χ2v) is 6.75. The summed E-state index contributed by atoms with van der Waals surface area (Å²) in [6, 6.07) is 2.66. The van der Waals surface area contributed by atoms with Gasteiger partial charge in [0.15, 0.2) is 0 Å². The number of halogens is 3. The molecule has 0 radical (unpaired) electrons. The number of nitrogens with two attached hydrogens (primary N) is 1. The molecule has 7 heteroatoms. The van der Waals surface area contributed by atoms with Crippen molar-refractivity contribution >= 4 is 29.1 Å². The fourth-order valence-corrected chi connectivity index (χ4v) is 3.29. The number of benzene rings is 1. The molecule has 1 aromatic carbocycles. The van der Waals surface area contributed by atoms with Gasteiger partial charge in [-0.2, -0.15) is 0 Å². The lowest BCUT2D eigenvalue weighted by Crippen LogP contribution is -2.42. The highest BCUT2D eigenvalue weighted by Gasteiger charge is 2.27. The molecular formula is C17H23Cl2FN2O2. The molecule has 0 spiro atoms. The van der Waals surface area contributed by atoms with Crippen LogP contribution in [0, 0.1) is 5.82 Å². The molecule has 1 atom stereocenters. The van der Waals surface area contributed by atoms with Gasteiger partial charge < -0.3 is 15.4 Å². The third-order valence-electron chi connectivity index (χ3n) is 4.15. The number of morpholine rings is 1. The SMILES string of the molecule is NCCCCCCC(=O)N1CCOC(c2cc(F)c(Cl)cc2Cl)C1. The minimum absolute atomic E-state index is 0.0232. The highest BCUT2D eigenvalue weighted by Crippen LogP contribution is 2.32. The van der Waals surface area contributed by atoms with E-state index in [0.29, 0.717) is 43.2 Å². The van der Waals surface area contributed by atoms with Gasteiger partial charge in [0.25, 0.3) is 0 Å². The maximum atomic E-state index is 13.7. The lowest BCUT2D eigenvalue weighted by molar-refractivity contribution is -0.139. The summed E-state index contributed by atoms with van der Waals surface area (Å²) in [6.45, 7) is 2.02. The Morgan fingerprint density at radius 3 is 2.75 bits per heavy atom. The zero-order valence-electron chi connectivity index (χ0n) is 13.6. The molecule has 1 aliphatic heterocycles. The van der Waals surface area contributed by atoms with Gasteiger partial charge in [-0.15, -0.1) is 0 Å². The van der Waals surface area contributed by atoms with E-state index in [1.165, 1.54) is 12.1 Å². The van der Waals surface area contributed by atoms with E-state index in [9.17, 15) is 9.18 Å². The van der Waals surface area contributed by atoms with Crippen LogP contribution in [-0.2, 0) is 9.53 Å². The molecule has 2 rings (SSSR count). The monoisotopic (exact) mass is 376 g/mol. The predicted octanol–water partition coefficient (Wildman–Crippen LogP) is 3.94. The molecule has 1 saturated heterocycles. The molecule has 0 saturated carbocycles. The van der Waals surface area contributed by atoms with Crippen LogP contribution in [0.25, 0.3) is 0 Å². The number of hydrogen-bond donors (Lipinski definition) is 1. The van der Waals surface area contributed by atoms with Crippen LogP contribution in [0.15, 0.2) is 12.1 Å². The van der Waals surface area contributed by atoms with Crippen molar-refractivity contribution in [2.75, 3.05) is 26.2 Å². The lowest BCUT2D eigenvalue weighted by Gasteiger charge is -2.33. The molecule has 2 N–H and O–H groups in total. The Morgan fingerprint density at radius 2 is 2.00 bits per heavy atom. The van der Waals surface area contributed by atoms with Gasteiger partial charge >= 0.3 is 0 Å². The van der Waals surface area contributed by atoms with Crippen LogP contribution in [0.4, 0.5) is 4.39 Å². The van der Waals surface area contributed by atoms with Crippen molar-refractivity contribution in [3.05, 3.63) is 33.6 Å². The van der Waals surface area contributed by atoms with Crippen LogP contribution < -0.4 is 5.73 Å². The molecule has 1 aliphatic rings. The highest BCUT2D eigenvalue weighted by atomic mass is 35.5. The lowest BCUT2D eigenvalue weighted by atomic mass is 10.1. The van der Waals surface area contributed by atoms with Crippen molar-refractivity contribution in [3.63, 3.8) is 0 Å². The maximum absolute atomic E-state index is 13.7. The van der Waals surface area contributed by atoms with Gasteiger partial charge in [0, 0.05) is 23.6 Å². The highest BCUT2D eigenvalue weighted by molar-refractivity contribution is 6.35. The van der Waals surface area contributed by atoms with Crippen LogP contribution in [0.5, 0.6) is 0 Å². The topological polar surface area (TPSA) is 55.6 Å². The second kappa shape index (κ2) is 9.56. The average Bonchev–Trinajstić information content (AvgIpc) is 2.58. The number of carbonyl (C=O) groups excluding carboxylic acids is 1. The first-order valence-corrected chi connectivity index (χ1v) is 9.02. The van der Waals surface area contributed by atoms with E-state index in [1.807, 2.05) is 0 Å². The summed E-state index contributed by atoms with van der Waals surface area (Å²) in [7, 11) is 0. The molecule has 0 bridgehead atoms. The Morgan fingerprint density at radius 1 is 1.25 bits per heavy atom. The Hall–Kier alpha value is -0.880. The van der Waals surface area contributed by atoms with E-state index >= 15 is 0 Å². The maximum Gasteiger partial charge on any atom is 0.222 e. The van der Waals surface area contributed by atoms with Gasteiger partial charge in [-0.05, 0) is 31.5 Å². The first-order valence-electron chi connectivity index (χ1n) is 8.26. The van der Waals surface area contributed by atoms with E-state index in [-0.39, 0.29) is 10.9 Å². The quantitative estimate of drug-likeness (QED) is 0.579. The number of unbranched alkanes of at least 4 members (excludes halogenated alkanes) is 3. The van der Waals surface area contributed by atoms with Gasteiger partial charge in [0.1, 0.15) is 11.9 Å². The fraction of sp³-hybridized carbons (Fsp3) is 0.588. The van der Waals surface area contributed by atoms with Gasteiger partial charge in [-0.1, -0.05) is 36.0 Å². The summed E-state index contributed by atoms with van der Waals surface area (Å²) in [5.41, 5.74) is 5.98. The largest absolute Gasteiger partial charge is 0.370 e. The van der Waals surface area contributed by atoms with Crippen molar-refractivity contribution in [2.24, 2.45) is 5.73 Å². The Labute approximate surface area is 152 Å². The van der Waals surface area contributed by atoms with E-state index in [1.54, 1.807) is 4.90 Å². The minimum Gasteiger partial charge on any atom is -0.370 e. The van der Waals surface area contributed by atoms with E-state index in [4.69, 9.17) is 33.7 Å². The number of amides is 1. The molecular weight excluding hydrogens is 354 g/mol. The van der Waals surface area contributed by atoms with Crippen LogP contribution in [-0.4, -0.2) is 37.0 Å². The summed E-state index contributed by atoms with van der Waals surface area (Å²) >= 11 is 11.9. The minimum atomic E-state index is -0.539. The molecule has 1 aromatic rings. The van der Waals surface area contributed by atoms with E-state index < -0.39 is 11.9 Å². The Kier molecular flexibility index (Phi) is 7.75. The number of ether oxygens (including phenoxy) is 1. The summed E-state index contributed by atoms with van der Waals surface area (Å²) in [4.78, 5) is 14.1. The summed E-state index contributed by atoms with van der Waals surface area (Å²) < 4.78 is 19.4. The standard InChI is InChI=1S/C17H23Cl2FN2O2/c18-13-10-14(19)15(20)9-12(13)16-11-22(7-8-24-16)17(23)5-3-1-2-4-6-21/h9-10,16H,1-8,11,21H2. The molecule has 1 heterocycles. The summed E-state index contributed by atoms with van der Waals surface area (Å²) in [5.74, 6) is -0.440. The van der Waals surface area contributed by atoms with Crippen molar-refractivity contribution < 1.29 is 13.9 Å². The van der Waals surface area contributed by atoms with Gasteiger partial charge in [-0.25, -0.2) is 4.39 Å². The number of nitrogens with zero attached hydrogens (tertiary/aromatic N) is 1. The fourth-order valence-electron chi connectivity index (χ4n) is 2.78. The second-order valence-electron chi connectivity index (χ2n) is 5.94. The first-order chi connectivity index (χ1) is 11.5. The van der Waals surface area contributed by atoms with E-state index in [2.05, 4.69) is 0 Å². The van der Waals surface area contributed by atoms with Crippen LogP contribution >= 0.6 is 23.2 Å². The molecule has 1 amide bonds. The zero-order chi connectivity index (χ0) is 17.5. The van der Waals surface area contributed by atoms with Crippen molar-refractivity contribution in [2.45, 2.75) is 38.2 Å². The predicted molar refractivity (Wildman–Crippen MR) is 93.8 cm³/mol. The van der Waals surface area contributed by atoms with Crippen LogP contribution in [0.3, 0.4) is 0 Å². The molecule has 1 unspecified atom stereocenters. The third kappa shape index (κ3) is 5.31. The summed E-state index contributed by atoms with van der Waals surface area (Å²) in [6.07, 6.45) is 3.99. The molecule has 24 heavy (non-hydrogen) atoms. The molecule has 0 aromatic heterocycles. The third-order valence-corrected chi connectivity index (χ3v) is 4.77. The average molecular weight is 377 g/mol. The number of hydrogen-bond acceptors (Lipinski definition) is 3. The molecule has 1 fully saturated rings. The van der Waals surface area contributed by atoms with Crippen molar-refractivity contribution in [3.8, 4) is 0 Å². The van der Waals surface area contributed by atoms with Gasteiger partial charge in [0.05, 0.1) is 18.2 Å². The van der Waals surface area contributed by atoms with Crippen molar-refractivity contribution in [1.29, 1.82) is 0 Å². The first kappa shape index (κ1) is 19.4. The smallest absolute Gasteiger partial charge is 0.222 e. The van der Waals surface area contributed by atoms with Crippen molar-refractivity contribution in [1.82, 2.24) is 4.90 Å². The van der Waals surface area contributed by atoms with Gasteiger partial charge in [-0.3, -0.25) is 4.79 Å². The van der Waals surface area contributed by atoms with Gasteiger partial charge in [0.2, 0.25) is 5.91 Å². The van der Waals surface area contributed by atoms with E-state index in [0.717, 1.165) is 25.7 Å². The summed E-state index contributed by atoms with van der Waals surface area (Å²) in [5, 5.41) is 0.326. The Balaban J connectivity index is 1.92. The Bertz CT molecular complexity index is 572. The van der Waals surface area contributed by atoms with Crippen LogP contribution in [0.1, 0.15) is 43.8 Å². The molecule has 4 nitrogen and oxygen atoms in total. The number of carbonyl (C=O) groups is 1. The normalized spacial score (nSPS) is 18.0. The number of rotatable bonds is 7. The molecule has 0 aliphatic carbocycles.